The van der Waals surface area contributed by atoms with Crippen molar-refractivity contribution in [2.45, 2.75) is 31.7 Å². The Morgan fingerprint density at radius 2 is 1.70 bits per heavy atom. The summed E-state index contributed by atoms with van der Waals surface area (Å²) < 4.78 is 5.36. The van der Waals surface area contributed by atoms with Gasteiger partial charge in [0.15, 0.2) is 0 Å². The van der Waals surface area contributed by atoms with Crippen molar-refractivity contribution >= 4 is 23.6 Å². The minimum Gasteiger partial charge on any atom is -0.410 e. The summed E-state index contributed by atoms with van der Waals surface area (Å²) in [6.45, 7) is 1.15. The molecule has 1 saturated heterocycles. The van der Waals surface area contributed by atoms with E-state index in [-0.39, 0.29) is 18.0 Å². The topological polar surface area (TPSA) is 58.6 Å². The summed E-state index contributed by atoms with van der Waals surface area (Å²) in [6, 6.07) is 16.7. The van der Waals surface area contributed by atoms with Crippen LogP contribution in [0.25, 0.3) is 0 Å². The number of para-hydroxylation sites is 1. The Hall–Kier alpha value is -2.53. The predicted octanol–water partition coefficient (Wildman–Crippen LogP) is 4.05. The van der Waals surface area contributed by atoms with Crippen molar-refractivity contribution in [1.82, 2.24) is 10.2 Å². The first-order valence-electron chi connectivity index (χ1n) is 9.16. The number of carbonyl (C=O) groups is 2. The van der Waals surface area contributed by atoms with E-state index in [0.717, 1.165) is 18.4 Å². The van der Waals surface area contributed by atoms with Crippen molar-refractivity contribution in [3.63, 3.8) is 0 Å². The molecule has 0 aromatic heterocycles. The zero-order chi connectivity index (χ0) is 19.1. The van der Waals surface area contributed by atoms with Crippen molar-refractivity contribution in [3.05, 3.63) is 65.2 Å². The fraction of sp³-hybridized carbons (Fsp3) is 0.333. The Kier molecular flexibility index (Phi) is 6.71. The van der Waals surface area contributed by atoms with Crippen LogP contribution in [0.3, 0.4) is 0 Å². The molecule has 1 fully saturated rings. The Balaban J connectivity index is 1.38. The minimum absolute atomic E-state index is 0.0373. The number of nitrogens with zero attached hydrogens (tertiary/aromatic N) is 1. The van der Waals surface area contributed by atoms with E-state index >= 15 is 0 Å². The SMILES string of the molecule is O=C(CCc1ccc(Cl)cc1)NC1CCN(C(=O)Oc2ccccc2)CC1. The molecule has 0 bridgehead atoms. The molecule has 2 aromatic rings. The molecule has 27 heavy (non-hydrogen) atoms. The van der Waals surface area contributed by atoms with Crippen molar-refractivity contribution in [2.75, 3.05) is 13.1 Å². The molecule has 0 radical (unpaired) electrons. The van der Waals surface area contributed by atoms with Gasteiger partial charge in [0.1, 0.15) is 5.75 Å². The van der Waals surface area contributed by atoms with Crippen LogP contribution in [-0.2, 0) is 11.2 Å². The number of nitrogens with one attached hydrogen (secondary N) is 1. The van der Waals surface area contributed by atoms with E-state index in [2.05, 4.69) is 5.32 Å². The number of halogens is 1. The highest BCUT2D eigenvalue weighted by atomic mass is 35.5. The first-order chi connectivity index (χ1) is 13.1. The molecule has 0 unspecified atom stereocenters. The van der Waals surface area contributed by atoms with E-state index in [1.165, 1.54) is 0 Å². The maximum atomic E-state index is 12.2. The fourth-order valence-electron chi connectivity index (χ4n) is 3.07. The normalized spacial score (nSPS) is 14.6. The zero-order valence-corrected chi connectivity index (χ0v) is 15.8. The van der Waals surface area contributed by atoms with Gasteiger partial charge in [-0.05, 0) is 49.1 Å². The Bertz CT molecular complexity index is 757. The third-order valence-corrected chi connectivity index (χ3v) is 4.87. The van der Waals surface area contributed by atoms with Crippen LogP contribution in [-0.4, -0.2) is 36.0 Å². The second-order valence-corrected chi connectivity index (χ2v) is 7.07. The summed E-state index contributed by atoms with van der Waals surface area (Å²) >= 11 is 5.87. The summed E-state index contributed by atoms with van der Waals surface area (Å²) in [5.41, 5.74) is 1.09. The molecule has 1 aliphatic heterocycles. The smallest absolute Gasteiger partial charge is 0.410 e. The summed E-state index contributed by atoms with van der Waals surface area (Å²) in [7, 11) is 0. The van der Waals surface area contributed by atoms with Gasteiger partial charge in [-0.25, -0.2) is 4.79 Å². The molecule has 1 N–H and O–H groups in total. The Morgan fingerprint density at radius 3 is 2.37 bits per heavy atom. The van der Waals surface area contributed by atoms with E-state index in [1.54, 1.807) is 17.0 Å². The largest absolute Gasteiger partial charge is 0.415 e. The number of ether oxygens (including phenoxy) is 1. The molecular formula is C21H23ClN2O3. The highest BCUT2D eigenvalue weighted by Crippen LogP contribution is 2.15. The molecule has 0 spiro atoms. The van der Waals surface area contributed by atoms with Crippen molar-refractivity contribution in [3.8, 4) is 5.75 Å². The van der Waals surface area contributed by atoms with Gasteiger partial charge < -0.3 is 15.0 Å². The summed E-state index contributed by atoms with van der Waals surface area (Å²) in [5.74, 6) is 0.579. The van der Waals surface area contributed by atoms with Crippen molar-refractivity contribution in [2.24, 2.45) is 0 Å². The van der Waals surface area contributed by atoms with Gasteiger partial charge in [0.05, 0.1) is 0 Å². The number of piperidine rings is 1. The van der Waals surface area contributed by atoms with Crippen LogP contribution in [0.15, 0.2) is 54.6 Å². The second kappa shape index (κ2) is 9.42. The monoisotopic (exact) mass is 386 g/mol. The summed E-state index contributed by atoms with van der Waals surface area (Å²) in [6.07, 6.45) is 2.25. The number of carbonyl (C=O) groups excluding carboxylic acids is 2. The summed E-state index contributed by atoms with van der Waals surface area (Å²) in [4.78, 5) is 26.0. The Morgan fingerprint density at radius 1 is 1.04 bits per heavy atom. The molecular weight excluding hydrogens is 364 g/mol. The lowest BCUT2D eigenvalue weighted by Gasteiger charge is -2.31. The van der Waals surface area contributed by atoms with E-state index in [4.69, 9.17) is 16.3 Å². The third-order valence-electron chi connectivity index (χ3n) is 4.62. The maximum Gasteiger partial charge on any atom is 0.415 e. The summed E-state index contributed by atoms with van der Waals surface area (Å²) in [5, 5.41) is 3.76. The first kappa shape index (κ1) is 19.2. The number of hydrogen-bond acceptors (Lipinski definition) is 3. The zero-order valence-electron chi connectivity index (χ0n) is 15.1. The first-order valence-corrected chi connectivity index (χ1v) is 9.53. The number of rotatable bonds is 5. The highest BCUT2D eigenvalue weighted by molar-refractivity contribution is 6.30. The number of hydrogen-bond donors (Lipinski definition) is 1. The minimum atomic E-state index is -0.339. The van der Waals surface area contributed by atoms with Crippen LogP contribution in [0.2, 0.25) is 5.02 Å². The van der Waals surface area contributed by atoms with Crippen molar-refractivity contribution < 1.29 is 14.3 Å². The van der Waals surface area contributed by atoms with Gasteiger partial charge >= 0.3 is 6.09 Å². The van der Waals surface area contributed by atoms with Gasteiger partial charge in [-0.1, -0.05) is 41.9 Å². The van der Waals surface area contributed by atoms with Crippen LogP contribution in [0.5, 0.6) is 5.75 Å². The molecule has 5 nitrogen and oxygen atoms in total. The molecule has 142 valence electrons. The van der Waals surface area contributed by atoms with Gasteiger partial charge in [0.2, 0.25) is 5.91 Å². The molecule has 6 heteroatoms. The molecule has 0 atom stereocenters. The number of amides is 2. The van der Waals surface area contributed by atoms with Crippen LogP contribution < -0.4 is 10.1 Å². The van der Waals surface area contributed by atoms with Crippen LogP contribution >= 0.6 is 11.6 Å². The lowest BCUT2D eigenvalue weighted by atomic mass is 10.0. The van der Waals surface area contributed by atoms with Gasteiger partial charge in [-0.3, -0.25) is 4.79 Å². The van der Waals surface area contributed by atoms with Crippen molar-refractivity contribution in [1.29, 1.82) is 0 Å². The third kappa shape index (κ3) is 6.00. The molecule has 0 aliphatic carbocycles. The van der Waals surface area contributed by atoms with E-state index in [1.807, 2.05) is 42.5 Å². The molecule has 1 heterocycles. The molecule has 0 saturated carbocycles. The molecule has 2 aromatic carbocycles. The number of likely N-dealkylation sites (tertiary alicyclic amines) is 1. The average Bonchev–Trinajstić information content (AvgIpc) is 2.69. The van der Waals surface area contributed by atoms with Gasteiger partial charge in [0.25, 0.3) is 0 Å². The standard InChI is InChI=1S/C21H23ClN2O3/c22-17-9-6-16(7-10-17)8-11-20(25)23-18-12-14-24(15-13-18)21(26)27-19-4-2-1-3-5-19/h1-7,9-10,18H,8,11-15H2,(H,23,25). The van der Waals surface area contributed by atoms with Gasteiger partial charge in [-0.15, -0.1) is 0 Å². The van der Waals surface area contributed by atoms with E-state index < -0.39 is 0 Å². The Labute approximate surface area is 164 Å². The van der Waals surface area contributed by atoms with Gasteiger partial charge in [0, 0.05) is 30.6 Å². The van der Waals surface area contributed by atoms with E-state index in [9.17, 15) is 9.59 Å². The lowest BCUT2D eigenvalue weighted by Crippen LogP contribution is -2.47. The molecule has 2 amide bonds. The molecule has 1 aliphatic rings. The van der Waals surface area contributed by atoms with Crippen LogP contribution in [0.1, 0.15) is 24.8 Å². The highest BCUT2D eigenvalue weighted by Gasteiger charge is 2.25. The molecule has 3 rings (SSSR count). The van der Waals surface area contributed by atoms with Gasteiger partial charge in [-0.2, -0.15) is 0 Å². The predicted molar refractivity (Wildman–Crippen MR) is 105 cm³/mol. The number of aryl methyl sites for hydroxylation is 1. The van der Waals surface area contributed by atoms with Crippen LogP contribution in [0, 0.1) is 0 Å². The maximum absolute atomic E-state index is 12.2. The van der Waals surface area contributed by atoms with Crippen LogP contribution in [0.4, 0.5) is 4.79 Å². The van der Waals surface area contributed by atoms with E-state index in [0.29, 0.717) is 36.7 Å². The quantitative estimate of drug-likeness (QED) is 0.843. The number of benzene rings is 2. The lowest BCUT2D eigenvalue weighted by molar-refractivity contribution is -0.122. The second-order valence-electron chi connectivity index (χ2n) is 6.64. The fourth-order valence-corrected chi connectivity index (χ4v) is 3.20. The average molecular weight is 387 g/mol.